The van der Waals surface area contributed by atoms with Crippen molar-refractivity contribution in [3.63, 3.8) is 0 Å². The van der Waals surface area contributed by atoms with Gasteiger partial charge in [0.15, 0.2) is 0 Å². The number of hydrogen-bond acceptors (Lipinski definition) is 5. The number of carbonyl (C=O) groups is 2. The fraction of sp³-hybridized carbons (Fsp3) is 0.412. The summed E-state index contributed by atoms with van der Waals surface area (Å²) in [7, 11) is 1.68. The van der Waals surface area contributed by atoms with E-state index < -0.39 is 5.60 Å². The topological polar surface area (TPSA) is 59.1 Å². The van der Waals surface area contributed by atoms with Gasteiger partial charge in [0, 0.05) is 38.3 Å². The van der Waals surface area contributed by atoms with Crippen LogP contribution in [-0.2, 0) is 28.9 Å². The number of amides is 1. The van der Waals surface area contributed by atoms with E-state index >= 15 is 0 Å². The van der Waals surface area contributed by atoms with Crippen LogP contribution in [-0.4, -0.2) is 49.6 Å². The Kier molecular flexibility index (Phi) is 9.86. The molecule has 40 heavy (non-hydrogen) atoms. The normalized spacial score (nSPS) is 12.7. The first-order chi connectivity index (χ1) is 19.3. The predicted molar refractivity (Wildman–Crippen MR) is 161 cm³/mol. The number of aldehydes is 1. The molecule has 1 aliphatic heterocycles. The highest BCUT2D eigenvalue weighted by Crippen LogP contribution is 2.35. The molecule has 3 aromatic carbocycles. The van der Waals surface area contributed by atoms with Crippen molar-refractivity contribution in [1.82, 2.24) is 4.90 Å². The van der Waals surface area contributed by atoms with E-state index in [0.29, 0.717) is 25.9 Å². The van der Waals surface area contributed by atoms with Gasteiger partial charge in [-0.05, 0) is 98.5 Å². The lowest BCUT2D eigenvalue weighted by molar-refractivity contribution is -0.107. The average molecular weight is 543 g/mol. The molecule has 0 spiro atoms. The van der Waals surface area contributed by atoms with E-state index in [0.717, 1.165) is 55.5 Å². The Morgan fingerprint density at radius 1 is 0.975 bits per heavy atom. The second-order valence-electron chi connectivity index (χ2n) is 11.4. The van der Waals surface area contributed by atoms with Crippen LogP contribution in [0.5, 0.6) is 5.75 Å². The Balaban J connectivity index is 1.49. The molecule has 0 atom stereocenters. The number of anilines is 1. The lowest BCUT2D eigenvalue weighted by atomic mass is 9.98. The Hall–Kier alpha value is -3.80. The van der Waals surface area contributed by atoms with Gasteiger partial charge in [-0.25, -0.2) is 4.79 Å². The van der Waals surface area contributed by atoms with E-state index in [2.05, 4.69) is 65.6 Å². The van der Waals surface area contributed by atoms with Crippen LogP contribution in [0.3, 0.4) is 0 Å². The van der Waals surface area contributed by atoms with E-state index in [1.807, 2.05) is 26.8 Å². The lowest BCUT2D eigenvalue weighted by Gasteiger charge is -2.27. The Labute approximate surface area is 238 Å². The van der Waals surface area contributed by atoms with Crippen LogP contribution < -0.4 is 9.64 Å². The van der Waals surface area contributed by atoms with Crippen molar-refractivity contribution in [2.75, 3.05) is 31.6 Å². The first-order valence-corrected chi connectivity index (χ1v) is 14.3. The number of benzene rings is 3. The zero-order valence-electron chi connectivity index (χ0n) is 24.3. The van der Waals surface area contributed by atoms with Crippen molar-refractivity contribution in [1.29, 1.82) is 0 Å². The van der Waals surface area contributed by atoms with Crippen LogP contribution in [0.15, 0.2) is 66.7 Å². The Bertz CT molecular complexity index is 1280. The van der Waals surface area contributed by atoms with Crippen LogP contribution in [0.25, 0.3) is 11.1 Å². The molecule has 0 N–H and O–H groups in total. The van der Waals surface area contributed by atoms with Gasteiger partial charge in [-0.3, -0.25) is 0 Å². The number of ether oxygens (including phenoxy) is 2. The Morgan fingerprint density at radius 3 is 2.45 bits per heavy atom. The molecule has 1 amide bonds. The lowest BCUT2D eigenvalue weighted by Crippen LogP contribution is -2.38. The summed E-state index contributed by atoms with van der Waals surface area (Å²) in [5.41, 5.74) is 6.80. The molecule has 0 saturated carbocycles. The van der Waals surface area contributed by atoms with Crippen molar-refractivity contribution in [2.45, 2.75) is 65.0 Å². The summed E-state index contributed by atoms with van der Waals surface area (Å²) in [4.78, 5) is 27.9. The molecule has 0 radical (unpaired) electrons. The second kappa shape index (κ2) is 13.5. The first-order valence-electron chi connectivity index (χ1n) is 14.3. The molecular formula is C34H42N2O4. The monoisotopic (exact) mass is 542 g/mol. The maximum absolute atomic E-state index is 12.9. The summed E-state index contributed by atoms with van der Waals surface area (Å²) < 4.78 is 11.4. The van der Waals surface area contributed by atoms with Gasteiger partial charge in [0.1, 0.15) is 17.6 Å². The quantitative estimate of drug-likeness (QED) is 0.181. The van der Waals surface area contributed by atoms with Crippen LogP contribution in [0.4, 0.5) is 10.5 Å². The molecule has 0 aromatic heterocycles. The van der Waals surface area contributed by atoms with Gasteiger partial charge in [-0.15, -0.1) is 0 Å². The highest BCUT2D eigenvalue weighted by Gasteiger charge is 2.23. The van der Waals surface area contributed by atoms with E-state index in [1.165, 1.54) is 22.4 Å². The molecular weight excluding hydrogens is 500 g/mol. The van der Waals surface area contributed by atoms with Gasteiger partial charge in [0.25, 0.3) is 0 Å². The van der Waals surface area contributed by atoms with E-state index in [4.69, 9.17) is 9.47 Å². The molecule has 1 heterocycles. The molecule has 0 unspecified atom stereocenters. The molecule has 0 aliphatic carbocycles. The zero-order valence-corrected chi connectivity index (χ0v) is 24.3. The fourth-order valence-electron chi connectivity index (χ4n) is 5.18. The summed E-state index contributed by atoms with van der Waals surface area (Å²) in [5, 5.41) is 0. The maximum atomic E-state index is 12.9. The number of nitrogens with zero attached hydrogens (tertiary/aromatic N) is 2. The van der Waals surface area contributed by atoms with Gasteiger partial charge < -0.3 is 24.1 Å². The largest absolute Gasteiger partial charge is 0.496 e. The SMILES string of the molecule is COc1ccc(-c2ccc3c(c2)CCN3Cc2ccccc2)cc1CCN(CCCCC=O)C(=O)OC(C)(C)C. The molecule has 212 valence electrons. The highest BCUT2D eigenvalue weighted by atomic mass is 16.6. The molecule has 0 fully saturated rings. The van der Waals surface area contributed by atoms with Crippen molar-refractivity contribution >= 4 is 18.1 Å². The number of fused-ring (bicyclic) bond motifs is 1. The highest BCUT2D eigenvalue weighted by molar-refractivity contribution is 5.72. The van der Waals surface area contributed by atoms with E-state index in [1.54, 1.807) is 12.0 Å². The summed E-state index contributed by atoms with van der Waals surface area (Å²) in [6.45, 7) is 8.62. The minimum absolute atomic E-state index is 0.326. The summed E-state index contributed by atoms with van der Waals surface area (Å²) in [6, 6.07) is 23.7. The van der Waals surface area contributed by atoms with Gasteiger partial charge >= 0.3 is 6.09 Å². The minimum Gasteiger partial charge on any atom is -0.496 e. The molecule has 6 heteroatoms. The third-order valence-corrected chi connectivity index (χ3v) is 7.20. The van der Waals surface area contributed by atoms with Crippen LogP contribution in [0.2, 0.25) is 0 Å². The zero-order chi connectivity index (χ0) is 28.5. The Morgan fingerprint density at radius 2 is 1.73 bits per heavy atom. The van der Waals surface area contributed by atoms with Gasteiger partial charge in [-0.1, -0.05) is 42.5 Å². The van der Waals surface area contributed by atoms with Crippen molar-refractivity contribution in [3.8, 4) is 16.9 Å². The number of carbonyl (C=O) groups excluding carboxylic acids is 2. The number of methoxy groups -OCH3 is 1. The summed E-state index contributed by atoms with van der Waals surface area (Å²) in [6.07, 6.45) is 4.28. The predicted octanol–water partition coefficient (Wildman–Crippen LogP) is 7.07. The number of unbranched alkanes of at least 4 members (excludes halogenated alkanes) is 2. The minimum atomic E-state index is -0.569. The first kappa shape index (κ1) is 29.2. The van der Waals surface area contributed by atoms with Crippen LogP contribution >= 0.6 is 0 Å². The molecule has 0 saturated heterocycles. The molecule has 6 nitrogen and oxygen atoms in total. The smallest absolute Gasteiger partial charge is 0.410 e. The third-order valence-electron chi connectivity index (χ3n) is 7.20. The molecule has 0 bridgehead atoms. The second-order valence-corrected chi connectivity index (χ2v) is 11.4. The van der Waals surface area contributed by atoms with Crippen molar-refractivity contribution in [3.05, 3.63) is 83.4 Å². The maximum Gasteiger partial charge on any atom is 0.410 e. The third kappa shape index (κ3) is 7.87. The molecule has 3 aromatic rings. The summed E-state index contributed by atoms with van der Waals surface area (Å²) >= 11 is 0. The van der Waals surface area contributed by atoms with Gasteiger partial charge in [-0.2, -0.15) is 0 Å². The van der Waals surface area contributed by atoms with E-state index in [9.17, 15) is 9.59 Å². The van der Waals surface area contributed by atoms with Crippen molar-refractivity contribution < 1.29 is 19.1 Å². The summed E-state index contributed by atoms with van der Waals surface area (Å²) in [5.74, 6) is 0.809. The van der Waals surface area contributed by atoms with Crippen LogP contribution in [0.1, 0.15) is 56.7 Å². The molecule has 4 rings (SSSR count). The fourth-order valence-corrected chi connectivity index (χ4v) is 5.18. The van der Waals surface area contributed by atoms with E-state index in [-0.39, 0.29) is 6.09 Å². The standard InChI is InChI=1S/C34H42N2O4/c1-34(2,3)40-33(38)35(19-9-6-10-22-37)20-18-30-24-28(14-16-32(30)39-4)27-13-15-31-29(23-27)17-21-36(31)25-26-11-7-5-8-12-26/h5,7-8,11-16,22-24H,6,9-10,17-21,25H2,1-4H3. The molecule has 1 aliphatic rings. The number of rotatable bonds is 12. The van der Waals surface area contributed by atoms with Crippen LogP contribution in [0, 0.1) is 0 Å². The number of hydrogen-bond donors (Lipinski definition) is 0. The average Bonchev–Trinajstić information content (AvgIpc) is 3.33. The van der Waals surface area contributed by atoms with Crippen molar-refractivity contribution in [2.24, 2.45) is 0 Å². The van der Waals surface area contributed by atoms with Gasteiger partial charge in [0.05, 0.1) is 7.11 Å². The van der Waals surface area contributed by atoms with Gasteiger partial charge in [0.2, 0.25) is 0 Å².